The zero-order chi connectivity index (χ0) is 9.14. The number of nitrogens with one attached hydrogen (secondary N) is 1. The molecule has 0 radical (unpaired) electrons. The van der Waals surface area contributed by atoms with E-state index in [9.17, 15) is 9.18 Å². The summed E-state index contributed by atoms with van der Waals surface area (Å²) in [7, 11) is 0. The van der Waals surface area contributed by atoms with Crippen molar-refractivity contribution in [2.75, 3.05) is 5.32 Å². The van der Waals surface area contributed by atoms with Crippen molar-refractivity contribution in [3.05, 3.63) is 24.0 Å². The maximum Gasteiger partial charge on any atom is 1.00 e. The molecule has 0 spiro atoms. The van der Waals surface area contributed by atoms with Gasteiger partial charge < -0.3 is 6.74 Å². The van der Waals surface area contributed by atoms with Gasteiger partial charge in [-0.2, -0.15) is 0 Å². The molecule has 66 valence electrons. The fourth-order valence-corrected chi connectivity index (χ4v) is 0.993. The smallest absolute Gasteiger partial charge is 1.00 e. The van der Waals surface area contributed by atoms with Gasteiger partial charge in [0.1, 0.15) is 5.82 Å². The second-order valence-electron chi connectivity index (χ2n) is 2.34. The van der Waals surface area contributed by atoms with Crippen molar-refractivity contribution in [1.29, 1.82) is 0 Å². The zero-order valence-corrected chi connectivity index (χ0v) is 10.4. The molecule has 0 aliphatic rings. The van der Waals surface area contributed by atoms with E-state index in [0.29, 0.717) is 10.6 Å². The molecule has 0 heterocycles. The number of hydrogen-bond donors (Lipinski definition) is 2. The van der Waals surface area contributed by atoms with Crippen molar-refractivity contribution >= 4 is 24.2 Å². The molecule has 1 rings (SSSR count). The van der Waals surface area contributed by atoms with E-state index in [1.165, 1.54) is 25.1 Å². The molecule has 0 aliphatic carbocycles. The van der Waals surface area contributed by atoms with Gasteiger partial charge in [-0.25, -0.2) is 4.39 Å². The number of anilines is 1. The number of carbonyl (C=O) groups is 1. The predicted octanol–water partition coefficient (Wildman–Crippen LogP) is -0.811. The quantitative estimate of drug-likeness (QED) is 0.460. The van der Waals surface area contributed by atoms with Crippen molar-refractivity contribution in [2.24, 2.45) is 0 Å². The van der Waals surface area contributed by atoms with E-state index in [2.05, 4.69) is 17.9 Å². The normalized spacial score (nSPS) is 8.85. The van der Waals surface area contributed by atoms with Gasteiger partial charge in [-0.15, -0.1) is 12.6 Å². The minimum Gasteiger partial charge on any atom is -1.00 e. The van der Waals surface area contributed by atoms with Gasteiger partial charge in [0.15, 0.2) is 0 Å². The summed E-state index contributed by atoms with van der Waals surface area (Å²) < 4.78 is 12.6. The summed E-state index contributed by atoms with van der Waals surface area (Å²) in [6.45, 7) is 1.36. The van der Waals surface area contributed by atoms with Gasteiger partial charge in [0.05, 0.1) is 5.69 Å². The molecule has 2 nitrogen and oxygen atoms in total. The Hall–Kier alpha value is -0.0300. The second kappa shape index (κ2) is 5.65. The third-order valence-electron chi connectivity index (χ3n) is 1.27. The molecule has 0 aliphatic heterocycles. The molecular weight excluding hydrogens is 200 g/mol. The summed E-state index contributed by atoms with van der Waals surface area (Å²) in [6.07, 6.45) is 0. The van der Waals surface area contributed by atoms with Crippen LogP contribution in [-0.4, -0.2) is 5.91 Å². The summed E-state index contributed by atoms with van der Waals surface area (Å²) in [5, 5.41) is 2.46. The first-order valence-corrected chi connectivity index (χ1v) is 3.80. The molecule has 0 bridgehead atoms. The minimum absolute atomic E-state index is 0. The molecule has 1 aromatic rings. The molecule has 1 N–H and O–H groups in total. The Kier molecular flexibility index (Phi) is 5.64. The van der Waals surface area contributed by atoms with Crippen LogP contribution in [-0.2, 0) is 4.79 Å². The van der Waals surface area contributed by atoms with Gasteiger partial charge in [0.2, 0.25) is 5.91 Å². The second-order valence-corrected chi connectivity index (χ2v) is 2.82. The van der Waals surface area contributed by atoms with E-state index in [1.54, 1.807) is 0 Å². The van der Waals surface area contributed by atoms with Gasteiger partial charge >= 0.3 is 29.6 Å². The Labute approximate surface area is 105 Å². The summed E-state index contributed by atoms with van der Waals surface area (Å²) in [5.74, 6) is -0.632. The van der Waals surface area contributed by atoms with Gasteiger partial charge in [-0.05, 0) is 18.2 Å². The van der Waals surface area contributed by atoms with Crippen molar-refractivity contribution in [1.82, 2.24) is 0 Å². The van der Waals surface area contributed by atoms with Crippen LogP contribution in [0.1, 0.15) is 8.35 Å². The van der Waals surface area contributed by atoms with E-state index in [-0.39, 0.29) is 36.9 Å². The standard InChI is InChI=1S/C8H8FNOS.Na.H/c1-5(11)10-7-4-6(9)2-3-8(7)12;;/h2-4,12H,1H3,(H,10,11);;/q;+1;-1. The van der Waals surface area contributed by atoms with Crippen molar-refractivity contribution < 1.29 is 40.2 Å². The first-order chi connectivity index (χ1) is 5.59. The van der Waals surface area contributed by atoms with Crippen molar-refractivity contribution in [3.63, 3.8) is 0 Å². The molecule has 0 aromatic heterocycles. The Balaban J connectivity index is 0. The van der Waals surface area contributed by atoms with Crippen LogP contribution in [0.3, 0.4) is 0 Å². The topological polar surface area (TPSA) is 29.1 Å². The number of carbonyl (C=O) groups excluding carboxylic acids is 1. The van der Waals surface area contributed by atoms with Crippen LogP contribution in [0.2, 0.25) is 0 Å². The SMILES string of the molecule is CC(=O)Nc1cc(F)ccc1S.[H-].[Na+]. The van der Waals surface area contributed by atoms with Gasteiger partial charge in [-0.3, -0.25) is 4.79 Å². The summed E-state index contributed by atoms with van der Waals surface area (Å²) >= 11 is 4.04. The van der Waals surface area contributed by atoms with Crippen LogP contribution in [0, 0.1) is 5.82 Å². The van der Waals surface area contributed by atoms with Crippen molar-refractivity contribution in [3.8, 4) is 0 Å². The monoisotopic (exact) mass is 209 g/mol. The summed E-state index contributed by atoms with van der Waals surface area (Å²) in [5.41, 5.74) is 0.394. The van der Waals surface area contributed by atoms with E-state index in [0.717, 1.165) is 0 Å². The summed E-state index contributed by atoms with van der Waals surface area (Å²) in [4.78, 5) is 11.2. The Morgan fingerprint density at radius 3 is 2.77 bits per heavy atom. The molecular formula is C8H9FNNaOS. The van der Waals surface area contributed by atoms with Crippen LogP contribution in [0.25, 0.3) is 0 Å². The number of thiol groups is 1. The number of amides is 1. The maximum atomic E-state index is 12.6. The molecule has 1 amide bonds. The van der Waals surface area contributed by atoms with Gasteiger partial charge in [0, 0.05) is 11.8 Å². The average molecular weight is 209 g/mol. The summed E-state index contributed by atoms with van der Waals surface area (Å²) in [6, 6.07) is 4.00. The molecule has 0 saturated heterocycles. The van der Waals surface area contributed by atoms with Crippen LogP contribution in [0.15, 0.2) is 23.1 Å². The van der Waals surface area contributed by atoms with E-state index < -0.39 is 5.82 Å². The van der Waals surface area contributed by atoms with Gasteiger partial charge in [0.25, 0.3) is 0 Å². The largest absolute Gasteiger partial charge is 1.00 e. The Morgan fingerprint density at radius 2 is 2.23 bits per heavy atom. The van der Waals surface area contributed by atoms with E-state index in [1.807, 2.05) is 0 Å². The molecule has 1 aromatic carbocycles. The molecule has 5 heteroatoms. The Morgan fingerprint density at radius 1 is 1.62 bits per heavy atom. The number of halogens is 1. The van der Waals surface area contributed by atoms with Gasteiger partial charge in [-0.1, -0.05) is 0 Å². The minimum atomic E-state index is -0.392. The zero-order valence-electron chi connectivity index (χ0n) is 8.47. The number of benzene rings is 1. The van der Waals surface area contributed by atoms with Crippen LogP contribution in [0.4, 0.5) is 10.1 Å². The molecule has 0 saturated carbocycles. The molecule has 13 heavy (non-hydrogen) atoms. The van der Waals surface area contributed by atoms with E-state index in [4.69, 9.17) is 0 Å². The van der Waals surface area contributed by atoms with Crippen LogP contribution >= 0.6 is 12.6 Å². The fraction of sp³-hybridized carbons (Fsp3) is 0.125. The average Bonchev–Trinajstić information content (AvgIpc) is 1.96. The molecule has 0 unspecified atom stereocenters. The predicted molar refractivity (Wildman–Crippen MR) is 49.1 cm³/mol. The van der Waals surface area contributed by atoms with Crippen LogP contribution in [0.5, 0.6) is 0 Å². The Bertz CT molecular complexity index is 324. The number of hydrogen-bond acceptors (Lipinski definition) is 2. The first kappa shape index (κ1) is 13.0. The third-order valence-corrected chi connectivity index (χ3v) is 1.66. The fourth-order valence-electron chi connectivity index (χ4n) is 0.798. The van der Waals surface area contributed by atoms with E-state index >= 15 is 0 Å². The van der Waals surface area contributed by atoms with Crippen LogP contribution < -0.4 is 34.9 Å². The first-order valence-electron chi connectivity index (χ1n) is 3.35. The third kappa shape index (κ3) is 4.13. The van der Waals surface area contributed by atoms with Crippen molar-refractivity contribution in [2.45, 2.75) is 11.8 Å². The molecule has 0 atom stereocenters. The number of rotatable bonds is 1. The maximum absolute atomic E-state index is 12.6. The molecule has 0 fully saturated rings.